The molecule has 3 rings (SSSR count). The maximum absolute atomic E-state index is 13.3. The minimum absolute atomic E-state index is 0.00518. The molecule has 2 unspecified atom stereocenters. The highest BCUT2D eigenvalue weighted by molar-refractivity contribution is 6.01. The average Bonchev–Trinajstić information content (AvgIpc) is 2.65. The van der Waals surface area contributed by atoms with Crippen LogP contribution in [0.1, 0.15) is 45.8 Å². The molecule has 0 heterocycles. The van der Waals surface area contributed by atoms with Crippen LogP contribution >= 0.6 is 0 Å². The van der Waals surface area contributed by atoms with Gasteiger partial charge in [-0.3, -0.25) is 4.79 Å². The van der Waals surface area contributed by atoms with Crippen molar-refractivity contribution >= 4 is 5.78 Å². The highest BCUT2D eigenvalue weighted by Gasteiger charge is 2.29. The summed E-state index contributed by atoms with van der Waals surface area (Å²) in [7, 11) is 0. The summed E-state index contributed by atoms with van der Waals surface area (Å²) in [6.45, 7) is 3.95. The highest BCUT2D eigenvalue weighted by atomic mass is 16.3. The fraction of sp³-hybridized carbons (Fsp3) is 0.174. The Labute approximate surface area is 148 Å². The van der Waals surface area contributed by atoms with Crippen LogP contribution < -0.4 is 0 Å². The van der Waals surface area contributed by atoms with E-state index in [2.05, 4.69) is 6.92 Å². The number of Topliss-reactive ketones (excluding diaryl/α,β-unsaturated/α-hetero) is 1. The maximum Gasteiger partial charge on any atom is 0.170 e. The van der Waals surface area contributed by atoms with Gasteiger partial charge in [0, 0.05) is 5.56 Å². The smallest absolute Gasteiger partial charge is 0.170 e. The lowest BCUT2D eigenvalue weighted by Crippen LogP contribution is -2.19. The Hall–Kier alpha value is -2.87. The number of ketones is 1. The zero-order valence-electron chi connectivity index (χ0n) is 14.5. The summed E-state index contributed by atoms with van der Waals surface area (Å²) in [5.41, 5.74) is 3.60. The maximum atomic E-state index is 13.3. The lowest BCUT2D eigenvalue weighted by atomic mass is 9.78. The van der Waals surface area contributed by atoms with Crippen LogP contribution in [0.15, 0.2) is 78.9 Å². The Morgan fingerprint density at radius 1 is 0.840 bits per heavy atom. The largest absolute Gasteiger partial charge is 0.508 e. The van der Waals surface area contributed by atoms with Crippen LogP contribution in [0.2, 0.25) is 0 Å². The van der Waals surface area contributed by atoms with Gasteiger partial charge >= 0.3 is 0 Å². The Balaban J connectivity index is 2.04. The molecule has 0 aliphatic heterocycles. The van der Waals surface area contributed by atoms with Crippen molar-refractivity contribution < 1.29 is 9.90 Å². The number of benzene rings is 3. The molecule has 0 aliphatic carbocycles. The van der Waals surface area contributed by atoms with Gasteiger partial charge in [0.15, 0.2) is 5.78 Å². The molecule has 0 spiro atoms. The van der Waals surface area contributed by atoms with E-state index in [1.54, 1.807) is 6.07 Å². The Kier molecular flexibility index (Phi) is 4.99. The van der Waals surface area contributed by atoms with Gasteiger partial charge in [0.1, 0.15) is 5.75 Å². The molecule has 126 valence electrons. The number of rotatable bonds is 5. The second kappa shape index (κ2) is 7.35. The first kappa shape index (κ1) is 17.0. The molecule has 0 bridgehead atoms. The van der Waals surface area contributed by atoms with E-state index in [1.807, 2.05) is 79.7 Å². The van der Waals surface area contributed by atoms with Crippen LogP contribution in [0, 0.1) is 6.92 Å². The number of aryl methyl sites for hydroxylation is 1. The van der Waals surface area contributed by atoms with Crippen LogP contribution in [0.25, 0.3) is 0 Å². The van der Waals surface area contributed by atoms with Gasteiger partial charge in [-0.05, 0) is 35.6 Å². The zero-order valence-corrected chi connectivity index (χ0v) is 14.5. The SMILES string of the molecule is Cc1cc(C(C)C(C(=O)c2ccccc2)c2ccccc2)ccc1O. The molecule has 1 N–H and O–H groups in total. The minimum Gasteiger partial charge on any atom is -0.508 e. The summed E-state index contributed by atoms with van der Waals surface area (Å²) in [4.78, 5) is 13.3. The van der Waals surface area contributed by atoms with Gasteiger partial charge in [0.05, 0.1) is 5.92 Å². The molecule has 3 aromatic rings. The molecule has 0 aliphatic rings. The molecule has 2 nitrogen and oxygen atoms in total. The van der Waals surface area contributed by atoms with Crippen LogP contribution in [0.3, 0.4) is 0 Å². The standard InChI is InChI=1S/C23H22O2/c1-16-15-20(13-14-21(16)24)17(2)22(18-9-5-3-6-10-18)23(25)19-11-7-4-8-12-19/h3-15,17,22,24H,1-2H3. The number of carbonyl (C=O) groups excluding carboxylic acids is 1. The summed E-state index contributed by atoms with van der Waals surface area (Å²) in [6.07, 6.45) is 0. The summed E-state index contributed by atoms with van der Waals surface area (Å²) >= 11 is 0. The quantitative estimate of drug-likeness (QED) is 0.630. The van der Waals surface area contributed by atoms with E-state index in [0.29, 0.717) is 0 Å². The first-order valence-electron chi connectivity index (χ1n) is 8.51. The molecule has 0 radical (unpaired) electrons. The Morgan fingerprint density at radius 3 is 2.04 bits per heavy atom. The molecular weight excluding hydrogens is 308 g/mol. The summed E-state index contributed by atoms with van der Waals surface area (Å²) in [5, 5.41) is 9.80. The van der Waals surface area contributed by atoms with Gasteiger partial charge in [-0.1, -0.05) is 79.7 Å². The third kappa shape index (κ3) is 3.63. The molecule has 0 saturated heterocycles. The molecule has 0 amide bonds. The van der Waals surface area contributed by atoms with Crippen LogP contribution in [-0.2, 0) is 0 Å². The number of hydrogen-bond acceptors (Lipinski definition) is 2. The van der Waals surface area contributed by atoms with Gasteiger partial charge in [-0.25, -0.2) is 0 Å². The molecule has 0 saturated carbocycles. The lowest BCUT2D eigenvalue weighted by molar-refractivity contribution is 0.0949. The van der Waals surface area contributed by atoms with Crippen molar-refractivity contribution in [2.75, 3.05) is 0 Å². The van der Waals surface area contributed by atoms with Gasteiger partial charge in [-0.15, -0.1) is 0 Å². The molecule has 0 aromatic heterocycles. The van der Waals surface area contributed by atoms with Gasteiger partial charge < -0.3 is 5.11 Å². The minimum atomic E-state index is -0.271. The van der Waals surface area contributed by atoms with Crippen molar-refractivity contribution in [3.8, 4) is 5.75 Å². The number of phenols is 1. The topological polar surface area (TPSA) is 37.3 Å². The molecule has 2 heteroatoms. The predicted molar refractivity (Wildman–Crippen MR) is 101 cm³/mol. The van der Waals surface area contributed by atoms with Gasteiger partial charge in [0.25, 0.3) is 0 Å². The highest BCUT2D eigenvalue weighted by Crippen LogP contribution is 2.36. The number of carbonyl (C=O) groups is 1. The van der Waals surface area contributed by atoms with Crippen LogP contribution in [0.4, 0.5) is 0 Å². The van der Waals surface area contributed by atoms with E-state index >= 15 is 0 Å². The fourth-order valence-corrected chi connectivity index (χ4v) is 3.26. The summed E-state index contributed by atoms with van der Waals surface area (Å²) in [5.74, 6) is 0.119. The summed E-state index contributed by atoms with van der Waals surface area (Å²) < 4.78 is 0. The number of phenolic OH excluding ortho intramolecular Hbond substituents is 1. The first-order chi connectivity index (χ1) is 12.1. The molecule has 3 aromatic carbocycles. The van der Waals surface area contributed by atoms with E-state index < -0.39 is 0 Å². The first-order valence-corrected chi connectivity index (χ1v) is 8.51. The number of aromatic hydroxyl groups is 1. The molecular formula is C23H22O2. The monoisotopic (exact) mass is 330 g/mol. The van der Waals surface area contributed by atoms with Gasteiger partial charge in [0.2, 0.25) is 0 Å². The van der Waals surface area contributed by atoms with Crippen molar-refractivity contribution in [3.63, 3.8) is 0 Å². The molecule has 25 heavy (non-hydrogen) atoms. The lowest BCUT2D eigenvalue weighted by Gasteiger charge is -2.24. The van der Waals surface area contributed by atoms with Crippen LogP contribution in [0.5, 0.6) is 5.75 Å². The van der Waals surface area contributed by atoms with E-state index in [-0.39, 0.29) is 23.4 Å². The van der Waals surface area contributed by atoms with Crippen molar-refractivity contribution in [2.45, 2.75) is 25.7 Å². The van der Waals surface area contributed by atoms with Crippen molar-refractivity contribution in [1.82, 2.24) is 0 Å². The zero-order chi connectivity index (χ0) is 17.8. The molecule has 0 fully saturated rings. The van der Waals surface area contributed by atoms with E-state index in [0.717, 1.165) is 22.3 Å². The van der Waals surface area contributed by atoms with Crippen LogP contribution in [-0.4, -0.2) is 10.9 Å². The Morgan fingerprint density at radius 2 is 1.44 bits per heavy atom. The molecule has 2 atom stereocenters. The third-order valence-corrected chi connectivity index (χ3v) is 4.75. The normalized spacial score (nSPS) is 13.2. The van der Waals surface area contributed by atoms with Gasteiger partial charge in [-0.2, -0.15) is 0 Å². The number of hydrogen-bond donors (Lipinski definition) is 1. The van der Waals surface area contributed by atoms with Crippen molar-refractivity contribution in [3.05, 3.63) is 101 Å². The van der Waals surface area contributed by atoms with Crippen molar-refractivity contribution in [1.29, 1.82) is 0 Å². The summed E-state index contributed by atoms with van der Waals surface area (Å²) in [6, 6.07) is 24.9. The second-order valence-electron chi connectivity index (χ2n) is 6.45. The second-order valence-corrected chi connectivity index (χ2v) is 6.45. The van der Waals surface area contributed by atoms with E-state index in [9.17, 15) is 9.90 Å². The predicted octanol–water partition coefficient (Wildman–Crippen LogP) is 5.47. The fourth-order valence-electron chi connectivity index (χ4n) is 3.26. The van der Waals surface area contributed by atoms with E-state index in [4.69, 9.17) is 0 Å². The van der Waals surface area contributed by atoms with E-state index in [1.165, 1.54) is 0 Å². The Bertz CT molecular complexity index is 854. The third-order valence-electron chi connectivity index (χ3n) is 4.75. The van der Waals surface area contributed by atoms with Crippen molar-refractivity contribution in [2.24, 2.45) is 0 Å². The average molecular weight is 330 g/mol.